The Kier molecular flexibility index (Phi) is 5.45. The Labute approximate surface area is 188 Å². The molecule has 0 amide bonds. The molecule has 168 valence electrons. The maximum atomic E-state index is 14.5. The van der Waals surface area contributed by atoms with E-state index in [4.69, 9.17) is 4.99 Å². The standard InChI is InChI=1S/C25H31FN6/c1-15-8-23(17-9-18-14-31(3)30-25(18)22(26)10-17)27-13-24(15)28-16(2)32(4)21-11-19-6-5-7-20(12-21)29-19/h8-10,13-14,19-21,29H,5-7,11-12H2,1-4H3. The molecule has 0 saturated carbocycles. The minimum absolute atomic E-state index is 0.330. The Morgan fingerprint density at radius 1 is 1.22 bits per heavy atom. The highest BCUT2D eigenvalue weighted by Crippen LogP contribution is 2.30. The SMILES string of the molecule is CC(=Nc1cnc(-c2cc(F)c3nn(C)cc3c2)cc1C)N(C)C1CC2CCCC(C1)N2. The Hall–Kier alpha value is -2.80. The zero-order chi connectivity index (χ0) is 22.4. The average molecular weight is 435 g/mol. The number of aliphatic imine (C=N–C) groups is 1. The van der Waals surface area contributed by atoms with Crippen LogP contribution in [0.15, 0.2) is 35.6 Å². The van der Waals surface area contributed by atoms with Gasteiger partial charge in [0.25, 0.3) is 0 Å². The molecule has 0 spiro atoms. The number of aryl methyl sites for hydroxylation is 2. The monoisotopic (exact) mass is 434 g/mol. The van der Waals surface area contributed by atoms with E-state index in [0.717, 1.165) is 33.7 Å². The normalized spacial score (nSPS) is 23.5. The fourth-order valence-electron chi connectivity index (χ4n) is 5.25. The van der Waals surface area contributed by atoms with Crippen molar-refractivity contribution in [1.29, 1.82) is 0 Å². The van der Waals surface area contributed by atoms with Crippen molar-refractivity contribution < 1.29 is 4.39 Å². The molecule has 2 saturated heterocycles. The lowest BCUT2D eigenvalue weighted by atomic mass is 9.83. The minimum atomic E-state index is -0.330. The van der Waals surface area contributed by atoms with Crippen molar-refractivity contribution in [3.8, 4) is 11.3 Å². The van der Waals surface area contributed by atoms with E-state index in [1.54, 1.807) is 17.9 Å². The number of rotatable bonds is 3. The topological polar surface area (TPSA) is 58.3 Å². The van der Waals surface area contributed by atoms with Crippen molar-refractivity contribution in [1.82, 2.24) is 25.0 Å². The molecular formula is C25H31FN6. The molecule has 1 aromatic carbocycles. The average Bonchev–Trinajstić information content (AvgIpc) is 3.15. The van der Waals surface area contributed by atoms with Gasteiger partial charge in [0.05, 0.1) is 17.6 Å². The van der Waals surface area contributed by atoms with E-state index in [1.165, 1.54) is 38.2 Å². The van der Waals surface area contributed by atoms with Crippen LogP contribution in [0.2, 0.25) is 0 Å². The number of nitrogens with zero attached hydrogens (tertiary/aromatic N) is 5. The number of nitrogens with one attached hydrogen (secondary N) is 1. The number of piperidine rings is 2. The molecule has 2 aliphatic heterocycles. The second kappa shape index (κ2) is 8.28. The summed E-state index contributed by atoms with van der Waals surface area (Å²) >= 11 is 0. The van der Waals surface area contributed by atoms with Crippen molar-refractivity contribution in [2.75, 3.05) is 7.05 Å². The highest BCUT2D eigenvalue weighted by atomic mass is 19.1. The lowest BCUT2D eigenvalue weighted by molar-refractivity contribution is 0.163. The Balaban J connectivity index is 1.37. The maximum Gasteiger partial charge on any atom is 0.151 e. The Morgan fingerprint density at radius 3 is 2.69 bits per heavy atom. The lowest BCUT2D eigenvalue weighted by Crippen LogP contribution is -2.54. The summed E-state index contributed by atoms with van der Waals surface area (Å²) in [5.41, 5.74) is 3.75. The number of amidine groups is 1. The van der Waals surface area contributed by atoms with Crippen LogP contribution in [-0.2, 0) is 7.05 Å². The molecule has 4 heterocycles. The molecule has 2 aromatic heterocycles. The first kappa shape index (κ1) is 21.1. The number of aromatic nitrogens is 3. The van der Waals surface area contributed by atoms with Gasteiger partial charge >= 0.3 is 0 Å². The van der Waals surface area contributed by atoms with Gasteiger partial charge < -0.3 is 10.2 Å². The molecule has 2 aliphatic rings. The lowest BCUT2D eigenvalue weighted by Gasteiger charge is -2.44. The van der Waals surface area contributed by atoms with Crippen LogP contribution in [0.25, 0.3) is 22.2 Å². The fraction of sp³-hybridized carbons (Fsp3) is 0.480. The fourth-order valence-corrected chi connectivity index (χ4v) is 5.25. The third kappa shape index (κ3) is 4.01. The first-order chi connectivity index (χ1) is 15.4. The predicted octanol–water partition coefficient (Wildman–Crippen LogP) is 4.74. The second-order valence-corrected chi connectivity index (χ2v) is 9.44. The van der Waals surface area contributed by atoms with E-state index in [-0.39, 0.29) is 5.82 Å². The van der Waals surface area contributed by atoms with Crippen molar-refractivity contribution >= 4 is 22.4 Å². The zero-order valence-electron chi connectivity index (χ0n) is 19.3. The van der Waals surface area contributed by atoms with Crippen molar-refractivity contribution in [2.24, 2.45) is 12.0 Å². The van der Waals surface area contributed by atoms with E-state index in [1.807, 2.05) is 25.3 Å². The van der Waals surface area contributed by atoms with Gasteiger partial charge in [-0.1, -0.05) is 6.42 Å². The largest absolute Gasteiger partial charge is 0.360 e. The molecule has 7 heteroatoms. The first-order valence-corrected chi connectivity index (χ1v) is 11.5. The van der Waals surface area contributed by atoms with Gasteiger partial charge in [0.15, 0.2) is 5.82 Å². The van der Waals surface area contributed by atoms with Crippen molar-refractivity contribution in [2.45, 2.75) is 64.1 Å². The number of hydrogen-bond acceptors (Lipinski definition) is 4. The third-order valence-corrected chi connectivity index (χ3v) is 7.09. The number of halogens is 1. The van der Waals surface area contributed by atoms with Crippen molar-refractivity contribution in [3.63, 3.8) is 0 Å². The number of fused-ring (bicyclic) bond motifs is 3. The van der Waals surface area contributed by atoms with Gasteiger partial charge in [-0.15, -0.1) is 0 Å². The van der Waals surface area contributed by atoms with Crippen LogP contribution in [0, 0.1) is 12.7 Å². The van der Waals surface area contributed by atoms with E-state index in [2.05, 4.69) is 34.3 Å². The molecule has 6 nitrogen and oxygen atoms in total. The molecule has 5 rings (SSSR count). The van der Waals surface area contributed by atoms with Crippen LogP contribution in [0.1, 0.15) is 44.6 Å². The molecule has 2 atom stereocenters. The van der Waals surface area contributed by atoms with Crippen LogP contribution >= 0.6 is 0 Å². The van der Waals surface area contributed by atoms with Crippen molar-refractivity contribution in [3.05, 3.63) is 42.0 Å². The molecule has 2 unspecified atom stereocenters. The molecule has 1 N–H and O–H groups in total. The molecular weight excluding hydrogens is 403 g/mol. The summed E-state index contributed by atoms with van der Waals surface area (Å²) in [6.07, 6.45) is 9.89. The highest BCUT2D eigenvalue weighted by Gasteiger charge is 2.33. The van der Waals surface area contributed by atoms with Gasteiger partial charge in [-0.25, -0.2) is 9.38 Å². The zero-order valence-corrected chi connectivity index (χ0v) is 19.3. The van der Waals surface area contributed by atoms with Crippen LogP contribution in [0.5, 0.6) is 0 Å². The molecule has 2 bridgehead atoms. The highest BCUT2D eigenvalue weighted by molar-refractivity contribution is 5.85. The van der Waals surface area contributed by atoms with E-state index >= 15 is 0 Å². The summed E-state index contributed by atoms with van der Waals surface area (Å²) in [6.45, 7) is 4.11. The van der Waals surface area contributed by atoms with Gasteiger partial charge in [-0.3, -0.25) is 9.67 Å². The summed E-state index contributed by atoms with van der Waals surface area (Å²) in [5, 5.41) is 8.72. The summed E-state index contributed by atoms with van der Waals surface area (Å²) in [5.74, 6) is 0.680. The molecule has 3 aromatic rings. The minimum Gasteiger partial charge on any atom is -0.360 e. The Bertz CT molecular complexity index is 1170. The summed E-state index contributed by atoms with van der Waals surface area (Å²) in [4.78, 5) is 11.9. The smallest absolute Gasteiger partial charge is 0.151 e. The van der Waals surface area contributed by atoms with Crippen LogP contribution in [0.3, 0.4) is 0 Å². The molecule has 0 aliphatic carbocycles. The van der Waals surface area contributed by atoms with E-state index in [0.29, 0.717) is 23.6 Å². The third-order valence-electron chi connectivity index (χ3n) is 7.09. The summed E-state index contributed by atoms with van der Waals surface area (Å²) in [7, 11) is 3.96. The van der Waals surface area contributed by atoms with Crippen LogP contribution in [0.4, 0.5) is 10.1 Å². The van der Waals surface area contributed by atoms with Gasteiger partial charge in [0, 0.05) is 49.4 Å². The Morgan fingerprint density at radius 2 is 1.97 bits per heavy atom. The van der Waals surface area contributed by atoms with E-state index in [9.17, 15) is 4.39 Å². The molecule has 2 fully saturated rings. The quantitative estimate of drug-likeness (QED) is 0.478. The maximum absolute atomic E-state index is 14.5. The number of hydrogen-bond donors (Lipinski definition) is 1. The van der Waals surface area contributed by atoms with Gasteiger partial charge in [-0.05, 0) is 63.3 Å². The summed E-state index contributed by atoms with van der Waals surface area (Å²) in [6, 6.07) is 7.23. The number of benzene rings is 1. The van der Waals surface area contributed by atoms with Crippen LogP contribution in [-0.4, -0.2) is 50.7 Å². The molecule has 0 radical (unpaired) electrons. The van der Waals surface area contributed by atoms with Gasteiger partial charge in [-0.2, -0.15) is 5.10 Å². The first-order valence-electron chi connectivity index (χ1n) is 11.5. The second-order valence-electron chi connectivity index (χ2n) is 9.44. The summed E-state index contributed by atoms with van der Waals surface area (Å²) < 4.78 is 16.1. The predicted molar refractivity (Wildman–Crippen MR) is 127 cm³/mol. The van der Waals surface area contributed by atoms with Gasteiger partial charge in [0.2, 0.25) is 0 Å². The molecule has 32 heavy (non-hydrogen) atoms. The van der Waals surface area contributed by atoms with Gasteiger partial charge in [0.1, 0.15) is 11.4 Å². The van der Waals surface area contributed by atoms with E-state index < -0.39 is 0 Å². The van der Waals surface area contributed by atoms with Crippen LogP contribution < -0.4 is 5.32 Å². The number of pyridine rings is 1.